The Morgan fingerprint density at radius 2 is 1.13 bits per heavy atom. The zero-order chi connectivity index (χ0) is 36.0. The van der Waals surface area contributed by atoms with Crippen LogP contribution in [0.1, 0.15) is 55.4 Å². The molecule has 0 unspecified atom stereocenters. The Kier molecular flexibility index (Phi) is 10.8. The van der Waals surface area contributed by atoms with Crippen molar-refractivity contribution in [1.82, 2.24) is 0 Å². The number of hydrogen-bond acceptors (Lipinski definition) is 19. The maximum absolute atomic E-state index is 13.8. The molecule has 0 radical (unpaired) electrons. The Hall–Kier alpha value is -3.56. The van der Waals surface area contributed by atoms with Crippen LogP contribution in [-0.4, -0.2) is 138 Å². The van der Waals surface area contributed by atoms with E-state index in [1.807, 2.05) is 0 Å². The molecule has 0 bridgehead atoms. The number of ketones is 5. The van der Waals surface area contributed by atoms with Gasteiger partial charge in [-0.3, -0.25) is 38.4 Å². The molecule has 5 N–H and O–H groups in total. The van der Waals surface area contributed by atoms with Crippen molar-refractivity contribution in [3.63, 3.8) is 0 Å². The maximum atomic E-state index is 13.8. The number of carbonyl (C=O) groups is 8. The van der Waals surface area contributed by atoms with Gasteiger partial charge in [-0.2, -0.15) is 0 Å². The average Bonchev–Trinajstić information content (AvgIpc) is 2.91. The van der Waals surface area contributed by atoms with E-state index in [1.165, 1.54) is 0 Å². The fourth-order valence-corrected chi connectivity index (χ4v) is 5.96. The molecule has 2 aliphatic rings. The summed E-state index contributed by atoms with van der Waals surface area (Å²) in [5.41, 5.74) is -16.0. The van der Waals surface area contributed by atoms with Gasteiger partial charge in [0.25, 0.3) is 0 Å². The number of rotatable bonds is 11. The zero-order valence-corrected chi connectivity index (χ0v) is 26.0. The smallest absolute Gasteiger partial charge is 0.314 e. The Morgan fingerprint density at radius 3 is 1.48 bits per heavy atom. The van der Waals surface area contributed by atoms with Crippen molar-refractivity contribution in [2.45, 2.75) is 114 Å². The molecule has 2 aliphatic heterocycles. The first-order valence-electron chi connectivity index (χ1n) is 13.5. The molecule has 46 heavy (non-hydrogen) atoms. The van der Waals surface area contributed by atoms with Crippen LogP contribution in [0.3, 0.4) is 0 Å². The van der Waals surface area contributed by atoms with Crippen molar-refractivity contribution >= 4 is 46.8 Å². The summed E-state index contributed by atoms with van der Waals surface area (Å²) in [4.78, 5) is 103. The Labute approximate surface area is 260 Å². The zero-order valence-electron chi connectivity index (χ0n) is 26.0. The van der Waals surface area contributed by atoms with Crippen LogP contribution < -0.4 is 0 Å². The van der Waals surface area contributed by atoms with Crippen LogP contribution in [0.25, 0.3) is 0 Å². The molecule has 0 saturated carbocycles. The summed E-state index contributed by atoms with van der Waals surface area (Å²) >= 11 is 0. The number of hydrogen-bond donors (Lipinski definition) is 5. The lowest BCUT2D eigenvalue weighted by Crippen LogP contribution is -2.96. The first-order chi connectivity index (χ1) is 20.9. The van der Waals surface area contributed by atoms with E-state index in [2.05, 4.69) is 0 Å². The highest BCUT2D eigenvalue weighted by Crippen LogP contribution is 2.58. The summed E-state index contributed by atoms with van der Waals surface area (Å²) < 4.78 is 31.1. The van der Waals surface area contributed by atoms with E-state index in [0.29, 0.717) is 41.5 Å². The summed E-state index contributed by atoms with van der Waals surface area (Å²) in [6.07, 6.45) is -11.6. The quantitative estimate of drug-likeness (QED) is 0.104. The third kappa shape index (κ3) is 5.25. The largest absolute Gasteiger partial charge is 0.455 e. The molecule has 2 saturated heterocycles. The lowest BCUT2D eigenvalue weighted by Gasteiger charge is -2.65. The van der Waals surface area contributed by atoms with Crippen LogP contribution in [0.2, 0.25) is 0 Å². The summed E-state index contributed by atoms with van der Waals surface area (Å²) in [5, 5.41) is 57.1. The molecule has 0 aliphatic carbocycles. The number of aliphatic hydroxyl groups excluding tert-OH is 3. The van der Waals surface area contributed by atoms with Crippen molar-refractivity contribution in [3.8, 4) is 0 Å². The van der Waals surface area contributed by atoms with Crippen molar-refractivity contribution in [1.29, 1.82) is 0 Å². The molecule has 0 amide bonds. The van der Waals surface area contributed by atoms with E-state index in [9.17, 15) is 63.9 Å². The number of ether oxygens (including phenoxy) is 6. The van der Waals surface area contributed by atoms with Crippen molar-refractivity contribution in [2.75, 3.05) is 6.61 Å². The minimum absolute atomic E-state index is 0.451. The van der Waals surface area contributed by atoms with Crippen molar-refractivity contribution in [3.05, 3.63) is 0 Å². The van der Waals surface area contributed by atoms with Gasteiger partial charge < -0.3 is 54.0 Å². The number of esters is 3. The molecule has 0 aromatic rings. The second-order valence-corrected chi connectivity index (χ2v) is 10.8. The summed E-state index contributed by atoms with van der Waals surface area (Å²) in [6, 6.07) is 0. The van der Waals surface area contributed by atoms with Crippen LogP contribution in [0.4, 0.5) is 0 Å². The van der Waals surface area contributed by atoms with E-state index >= 15 is 0 Å². The van der Waals surface area contributed by atoms with E-state index in [-0.39, 0.29) is 0 Å². The standard InChI is InChI=1S/C27H36O19/c1-10(29)23(9-28)26(13(4)32,45-22-18(37)19(41-15(6)34)20(21(38)43-22)42-16(7)35)24(39,11(2)30)25(40,12(3)31)27(46-23,14(5)33)44-17(8)36/h18-22,28,37-40H,9H2,1-8H3/t18-,19+,20+,21+,22+,23+,24+,25+,26-,27-/m1/s1. The maximum Gasteiger partial charge on any atom is 0.314 e. The van der Waals surface area contributed by atoms with Gasteiger partial charge in [-0.1, -0.05) is 0 Å². The van der Waals surface area contributed by atoms with Crippen LogP contribution >= 0.6 is 0 Å². The van der Waals surface area contributed by atoms with Gasteiger partial charge in [0.15, 0.2) is 53.5 Å². The molecule has 2 heterocycles. The first-order valence-corrected chi connectivity index (χ1v) is 13.5. The second-order valence-electron chi connectivity index (χ2n) is 10.8. The van der Waals surface area contributed by atoms with E-state index in [0.717, 1.165) is 13.8 Å². The summed E-state index contributed by atoms with van der Waals surface area (Å²) in [7, 11) is 0. The molecule has 0 aromatic carbocycles. The predicted molar refractivity (Wildman–Crippen MR) is 141 cm³/mol. The van der Waals surface area contributed by atoms with Gasteiger partial charge in [-0.05, 0) is 27.7 Å². The Bertz CT molecular complexity index is 1340. The van der Waals surface area contributed by atoms with E-state index < -0.39 is 113 Å². The average molecular weight is 665 g/mol. The van der Waals surface area contributed by atoms with E-state index in [4.69, 9.17) is 28.4 Å². The number of Topliss-reactive ketones (excluding diaryl/α,β-unsaturated/α-hetero) is 5. The predicted octanol–water partition coefficient (Wildman–Crippen LogP) is -3.93. The molecule has 2 rings (SSSR count). The van der Waals surface area contributed by atoms with Crippen molar-refractivity contribution < 1.29 is 92.3 Å². The highest BCUT2D eigenvalue weighted by Gasteiger charge is 2.91. The van der Waals surface area contributed by atoms with Gasteiger partial charge in [0.2, 0.25) is 22.6 Å². The molecule has 19 nitrogen and oxygen atoms in total. The van der Waals surface area contributed by atoms with Gasteiger partial charge in [0.1, 0.15) is 6.10 Å². The van der Waals surface area contributed by atoms with Gasteiger partial charge in [-0.25, -0.2) is 0 Å². The van der Waals surface area contributed by atoms with Gasteiger partial charge in [0, 0.05) is 27.7 Å². The molecule has 19 heteroatoms. The highest BCUT2D eigenvalue weighted by molar-refractivity contribution is 6.12. The van der Waals surface area contributed by atoms with Crippen LogP contribution in [-0.2, 0) is 66.8 Å². The lowest BCUT2D eigenvalue weighted by atomic mass is 9.53. The Balaban J connectivity index is 3.17. The second kappa shape index (κ2) is 12.9. The lowest BCUT2D eigenvalue weighted by molar-refractivity contribution is -0.441. The molecule has 10 atom stereocenters. The van der Waals surface area contributed by atoms with Crippen molar-refractivity contribution in [2.24, 2.45) is 0 Å². The summed E-state index contributed by atoms with van der Waals surface area (Å²) in [6.45, 7) is 3.08. The minimum Gasteiger partial charge on any atom is -0.455 e. The molecule has 2 fully saturated rings. The van der Waals surface area contributed by atoms with Crippen LogP contribution in [0, 0.1) is 0 Å². The topological polar surface area (TPSA) is 293 Å². The number of carbonyl (C=O) groups excluding carboxylic acids is 8. The molecule has 0 aromatic heterocycles. The van der Waals surface area contributed by atoms with Gasteiger partial charge >= 0.3 is 23.7 Å². The molecular formula is C27H36O19. The normalized spacial score (nSPS) is 39.0. The molecule has 0 spiro atoms. The fourth-order valence-electron chi connectivity index (χ4n) is 5.96. The summed E-state index contributed by atoms with van der Waals surface area (Å²) in [5.74, 6) is -16.1. The highest BCUT2D eigenvalue weighted by atomic mass is 16.8. The SMILES string of the molecule is CC(=O)O[C@H]1[C@@H](O)[C@H](O[C@@]2(C(C)=O)[C@](O)(C(C)=O)[C@@](O)(C(C)=O)[C@@](OC(C)=O)(C(C)=O)O[C@@]2(CO)C(C)=O)O[C@H](O)[C@H]1OC(C)=O. The van der Waals surface area contributed by atoms with Gasteiger partial charge in [0.05, 0.1) is 6.61 Å². The minimum atomic E-state index is -4.27. The molecular weight excluding hydrogens is 628 g/mol. The Morgan fingerprint density at radius 1 is 0.652 bits per heavy atom. The van der Waals surface area contributed by atoms with Crippen LogP contribution in [0.5, 0.6) is 0 Å². The fraction of sp³-hybridized carbons (Fsp3) is 0.704. The third-order valence-electron chi connectivity index (χ3n) is 7.84. The molecule has 258 valence electrons. The third-order valence-corrected chi connectivity index (χ3v) is 7.84. The van der Waals surface area contributed by atoms with E-state index in [1.54, 1.807) is 0 Å². The number of aliphatic hydroxyl groups is 5. The van der Waals surface area contributed by atoms with Gasteiger partial charge in [-0.15, -0.1) is 0 Å². The van der Waals surface area contributed by atoms with Crippen LogP contribution in [0.15, 0.2) is 0 Å². The monoisotopic (exact) mass is 664 g/mol. The first kappa shape index (κ1) is 38.6.